The second-order valence-electron chi connectivity index (χ2n) is 6.72. The number of rotatable bonds is 6. The van der Waals surface area contributed by atoms with Crippen LogP contribution in [0.2, 0.25) is 0 Å². The van der Waals surface area contributed by atoms with Gasteiger partial charge in [0.15, 0.2) is 5.96 Å². The maximum Gasteiger partial charge on any atom is 0.191 e. The Morgan fingerprint density at radius 1 is 1.33 bits per heavy atom. The summed E-state index contributed by atoms with van der Waals surface area (Å²) in [5, 5.41) is 9.99. The summed E-state index contributed by atoms with van der Waals surface area (Å²) < 4.78 is 0. The first-order valence-corrected chi connectivity index (χ1v) is 10.3. The number of aryl methyl sites for hydroxylation is 2. The van der Waals surface area contributed by atoms with E-state index in [0.717, 1.165) is 42.7 Å². The van der Waals surface area contributed by atoms with E-state index >= 15 is 0 Å². The highest BCUT2D eigenvalue weighted by atomic mass is 127. The van der Waals surface area contributed by atoms with Gasteiger partial charge in [0, 0.05) is 44.2 Å². The van der Waals surface area contributed by atoms with Crippen molar-refractivity contribution in [2.45, 2.75) is 39.7 Å². The predicted molar refractivity (Wildman–Crippen MR) is 127 cm³/mol. The lowest BCUT2D eigenvalue weighted by Gasteiger charge is -2.27. The van der Waals surface area contributed by atoms with Gasteiger partial charge in [-0.05, 0) is 43.9 Å². The molecule has 0 unspecified atom stereocenters. The van der Waals surface area contributed by atoms with Crippen molar-refractivity contribution in [2.24, 2.45) is 4.99 Å². The lowest BCUT2D eigenvalue weighted by atomic mass is 10.00. The van der Waals surface area contributed by atoms with Crippen LogP contribution in [0.15, 0.2) is 28.6 Å². The van der Waals surface area contributed by atoms with E-state index in [4.69, 9.17) is 4.99 Å². The fraction of sp³-hybridized carbons (Fsp3) is 0.500. The van der Waals surface area contributed by atoms with Crippen LogP contribution in [0.1, 0.15) is 35.2 Å². The van der Waals surface area contributed by atoms with Gasteiger partial charge in [-0.25, -0.2) is 9.98 Å². The number of hydrogen-bond donors (Lipinski definition) is 2. The van der Waals surface area contributed by atoms with Crippen LogP contribution in [-0.4, -0.2) is 37.6 Å². The van der Waals surface area contributed by atoms with Gasteiger partial charge in [0.1, 0.15) is 0 Å². The standard InChI is InChI=1S/C20H29N5S.HI/c1-4-21-20(22-10-9-18-14-26-15(2)24-18)23-13-16-7-8-19-17(12-16)6-5-11-25(19)3;/h7-8,12,14H,4-6,9-11,13H2,1-3H3,(H2,21,22,23);1H. The third-order valence-corrected chi connectivity index (χ3v) is 5.42. The Labute approximate surface area is 183 Å². The van der Waals surface area contributed by atoms with Crippen molar-refractivity contribution >= 4 is 47.0 Å². The van der Waals surface area contributed by atoms with E-state index in [2.05, 4.69) is 58.1 Å². The molecule has 2 aromatic rings. The lowest BCUT2D eigenvalue weighted by molar-refractivity contribution is 0.742. The summed E-state index contributed by atoms with van der Waals surface area (Å²) in [5.74, 6) is 0.870. The summed E-state index contributed by atoms with van der Waals surface area (Å²) in [5.41, 5.74) is 5.23. The fourth-order valence-corrected chi connectivity index (χ4v) is 3.93. The molecule has 0 saturated heterocycles. The van der Waals surface area contributed by atoms with Crippen LogP contribution in [0.5, 0.6) is 0 Å². The third kappa shape index (κ3) is 6.34. The first-order valence-electron chi connectivity index (χ1n) is 9.42. The molecule has 0 atom stereocenters. The van der Waals surface area contributed by atoms with Gasteiger partial charge in [-0.3, -0.25) is 0 Å². The molecule has 0 spiro atoms. The van der Waals surface area contributed by atoms with E-state index < -0.39 is 0 Å². The molecule has 1 aromatic carbocycles. The van der Waals surface area contributed by atoms with E-state index in [1.165, 1.54) is 29.7 Å². The summed E-state index contributed by atoms with van der Waals surface area (Å²) in [6.07, 6.45) is 3.32. The van der Waals surface area contributed by atoms with Crippen molar-refractivity contribution in [3.8, 4) is 0 Å². The first kappa shape index (κ1) is 21.9. The number of benzene rings is 1. The smallest absolute Gasteiger partial charge is 0.191 e. The molecule has 1 aliphatic heterocycles. The topological polar surface area (TPSA) is 52.6 Å². The lowest BCUT2D eigenvalue weighted by Crippen LogP contribution is -2.38. The van der Waals surface area contributed by atoms with Gasteiger partial charge in [0.05, 0.1) is 17.2 Å². The van der Waals surface area contributed by atoms with Crippen molar-refractivity contribution < 1.29 is 0 Å². The van der Waals surface area contributed by atoms with Gasteiger partial charge in [-0.2, -0.15) is 0 Å². The maximum absolute atomic E-state index is 4.75. The normalized spacial score (nSPS) is 13.7. The number of aromatic nitrogens is 1. The average Bonchev–Trinajstić information content (AvgIpc) is 3.05. The molecule has 7 heteroatoms. The Morgan fingerprint density at radius 3 is 2.93 bits per heavy atom. The molecule has 0 radical (unpaired) electrons. The predicted octanol–water partition coefficient (Wildman–Crippen LogP) is 3.75. The molecule has 0 aliphatic carbocycles. The van der Waals surface area contributed by atoms with Gasteiger partial charge in [-0.15, -0.1) is 35.3 Å². The summed E-state index contributed by atoms with van der Waals surface area (Å²) in [6.45, 7) is 7.68. The molecule has 3 rings (SSSR count). The van der Waals surface area contributed by atoms with Gasteiger partial charge >= 0.3 is 0 Å². The Bertz CT molecular complexity index is 759. The van der Waals surface area contributed by atoms with Crippen LogP contribution >= 0.6 is 35.3 Å². The molecule has 5 nitrogen and oxygen atoms in total. The van der Waals surface area contributed by atoms with Crippen LogP contribution < -0.4 is 15.5 Å². The summed E-state index contributed by atoms with van der Waals surface area (Å²) in [6, 6.07) is 6.76. The number of halogens is 1. The Morgan fingerprint density at radius 2 is 2.19 bits per heavy atom. The molecule has 1 aromatic heterocycles. The summed E-state index contributed by atoms with van der Waals surface area (Å²) in [7, 11) is 2.17. The van der Waals surface area contributed by atoms with Crippen molar-refractivity contribution in [3.63, 3.8) is 0 Å². The quantitative estimate of drug-likeness (QED) is 0.361. The zero-order valence-corrected chi connectivity index (χ0v) is 19.6. The first-order chi connectivity index (χ1) is 12.7. The van der Waals surface area contributed by atoms with Gasteiger partial charge in [-0.1, -0.05) is 12.1 Å². The largest absolute Gasteiger partial charge is 0.374 e. The highest BCUT2D eigenvalue weighted by Crippen LogP contribution is 2.26. The van der Waals surface area contributed by atoms with Gasteiger partial charge < -0.3 is 15.5 Å². The number of guanidine groups is 1. The molecule has 1 aliphatic rings. The number of fused-ring (bicyclic) bond motifs is 1. The third-order valence-electron chi connectivity index (χ3n) is 4.60. The SMILES string of the molecule is CCNC(=NCc1ccc2c(c1)CCCN2C)NCCc1csc(C)n1.I. The molecule has 27 heavy (non-hydrogen) atoms. The number of hydrogen-bond acceptors (Lipinski definition) is 4. The number of nitrogens with zero attached hydrogens (tertiary/aromatic N) is 3. The van der Waals surface area contributed by atoms with Crippen molar-refractivity contribution in [3.05, 3.63) is 45.4 Å². The Hall–Kier alpha value is -1.35. The molecule has 0 saturated carbocycles. The second-order valence-corrected chi connectivity index (χ2v) is 7.78. The van der Waals surface area contributed by atoms with E-state index in [1.807, 2.05) is 6.92 Å². The number of nitrogens with one attached hydrogen (secondary N) is 2. The summed E-state index contributed by atoms with van der Waals surface area (Å²) >= 11 is 1.70. The van der Waals surface area contributed by atoms with Crippen molar-refractivity contribution in [2.75, 3.05) is 31.6 Å². The van der Waals surface area contributed by atoms with Crippen LogP contribution in [0.3, 0.4) is 0 Å². The fourth-order valence-electron chi connectivity index (χ4n) is 3.28. The Balaban J connectivity index is 0.00000261. The van der Waals surface area contributed by atoms with Crippen LogP contribution in [0.4, 0.5) is 5.69 Å². The van der Waals surface area contributed by atoms with Gasteiger partial charge in [0.2, 0.25) is 0 Å². The number of aliphatic imine (C=N–C) groups is 1. The second kappa shape index (κ2) is 10.8. The zero-order valence-electron chi connectivity index (χ0n) is 16.4. The minimum atomic E-state index is 0. The van der Waals surface area contributed by atoms with E-state index in [0.29, 0.717) is 6.54 Å². The minimum Gasteiger partial charge on any atom is -0.374 e. The number of thiazole rings is 1. The van der Waals surface area contributed by atoms with E-state index in [-0.39, 0.29) is 24.0 Å². The molecule has 2 heterocycles. The average molecular weight is 499 g/mol. The van der Waals surface area contributed by atoms with E-state index in [1.54, 1.807) is 11.3 Å². The van der Waals surface area contributed by atoms with Crippen LogP contribution in [-0.2, 0) is 19.4 Å². The van der Waals surface area contributed by atoms with Crippen LogP contribution in [0.25, 0.3) is 0 Å². The molecule has 148 valence electrons. The van der Waals surface area contributed by atoms with Crippen LogP contribution in [0, 0.1) is 6.92 Å². The maximum atomic E-state index is 4.75. The number of anilines is 1. The zero-order chi connectivity index (χ0) is 18.4. The summed E-state index contributed by atoms with van der Waals surface area (Å²) in [4.78, 5) is 11.6. The highest BCUT2D eigenvalue weighted by molar-refractivity contribution is 14.0. The molecule has 0 fully saturated rings. The molecule has 2 N–H and O–H groups in total. The molecular formula is C20H30IN5S. The minimum absolute atomic E-state index is 0. The van der Waals surface area contributed by atoms with E-state index in [9.17, 15) is 0 Å². The van der Waals surface area contributed by atoms with Crippen molar-refractivity contribution in [1.82, 2.24) is 15.6 Å². The highest BCUT2D eigenvalue weighted by Gasteiger charge is 2.13. The monoisotopic (exact) mass is 499 g/mol. The molecular weight excluding hydrogens is 469 g/mol. The molecule has 0 bridgehead atoms. The Kier molecular flexibility index (Phi) is 8.82. The van der Waals surface area contributed by atoms with Gasteiger partial charge in [0.25, 0.3) is 0 Å². The molecule has 0 amide bonds. The van der Waals surface area contributed by atoms with Crippen molar-refractivity contribution in [1.29, 1.82) is 0 Å².